The Morgan fingerprint density at radius 3 is 2.59 bits per heavy atom. The van der Waals surface area contributed by atoms with E-state index in [0.717, 1.165) is 5.56 Å². The van der Waals surface area contributed by atoms with Crippen molar-refractivity contribution < 1.29 is 23.1 Å². The summed E-state index contributed by atoms with van der Waals surface area (Å²) in [5.41, 5.74) is 1.01. The molecule has 2 aliphatic rings. The molecule has 0 aromatic heterocycles. The zero-order valence-corrected chi connectivity index (χ0v) is 12.3. The summed E-state index contributed by atoms with van der Waals surface area (Å²) in [6.45, 7) is 3.79. The molecule has 2 atom stereocenters. The first kappa shape index (κ1) is 15.0. The predicted octanol–water partition coefficient (Wildman–Crippen LogP) is 1.79. The van der Waals surface area contributed by atoms with Gasteiger partial charge in [0.25, 0.3) is 0 Å². The molecule has 1 fully saturated rings. The lowest BCUT2D eigenvalue weighted by Crippen LogP contribution is -2.60. The number of piperazine rings is 1. The van der Waals surface area contributed by atoms with Gasteiger partial charge in [0, 0.05) is 24.8 Å². The molecule has 0 aliphatic carbocycles. The number of carbonyl (C=O) groups excluding carboxylic acids is 1. The summed E-state index contributed by atoms with van der Waals surface area (Å²) >= 11 is 0. The first-order valence-corrected chi connectivity index (χ1v) is 7.13. The van der Waals surface area contributed by atoms with Gasteiger partial charge in [0.1, 0.15) is 6.09 Å². The van der Waals surface area contributed by atoms with Gasteiger partial charge in [-0.05, 0) is 37.5 Å². The molecule has 3 rings (SSSR count). The fourth-order valence-electron chi connectivity index (χ4n) is 3.65. The Morgan fingerprint density at radius 1 is 1.32 bits per heavy atom. The molecule has 0 radical (unpaired) electrons. The van der Waals surface area contributed by atoms with E-state index in [0.29, 0.717) is 12.1 Å². The maximum Gasteiger partial charge on any atom is 0.416 e. The molecule has 2 heterocycles. The lowest BCUT2D eigenvalue weighted by molar-refractivity contribution is -0.266. The van der Waals surface area contributed by atoms with Crippen molar-refractivity contribution in [2.75, 3.05) is 18.0 Å². The molecule has 0 spiro atoms. The highest BCUT2D eigenvalue weighted by molar-refractivity contribution is 5.67. The van der Waals surface area contributed by atoms with Crippen molar-refractivity contribution in [3.8, 4) is 0 Å². The number of hydrogen-bond donors (Lipinski definition) is 0. The van der Waals surface area contributed by atoms with E-state index in [9.17, 15) is 23.1 Å². The Morgan fingerprint density at radius 2 is 2.00 bits per heavy atom. The lowest BCUT2D eigenvalue weighted by atomic mass is 10.0. The van der Waals surface area contributed by atoms with Gasteiger partial charge in [0.05, 0.1) is 11.6 Å². The number of rotatable bonds is 0. The van der Waals surface area contributed by atoms with Gasteiger partial charge >= 0.3 is 6.18 Å². The maximum atomic E-state index is 13.1. The van der Waals surface area contributed by atoms with Crippen LogP contribution in [0.5, 0.6) is 0 Å². The summed E-state index contributed by atoms with van der Waals surface area (Å²) < 4.78 is 39.3. The number of halogens is 3. The lowest BCUT2D eigenvalue weighted by Gasteiger charge is -2.45. The van der Waals surface area contributed by atoms with Crippen molar-refractivity contribution in [1.82, 2.24) is 4.90 Å². The van der Waals surface area contributed by atoms with E-state index in [1.807, 2.05) is 11.8 Å². The highest BCUT2D eigenvalue weighted by Crippen LogP contribution is 2.42. The summed E-state index contributed by atoms with van der Waals surface area (Å²) in [6.07, 6.45) is -5.05. The third-order valence-corrected chi connectivity index (χ3v) is 4.51. The summed E-state index contributed by atoms with van der Waals surface area (Å²) in [7, 11) is 0. The molecule has 0 N–H and O–H groups in total. The van der Waals surface area contributed by atoms with Gasteiger partial charge in [-0.1, -0.05) is 6.07 Å². The van der Waals surface area contributed by atoms with Gasteiger partial charge in [0.2, 0.25) is 0 Å². The number of carbonyl (C=O) groups is 1. The minimum absolute atomic E-state index is 0.125. The second-order valence-corrected chi connectivity index (χ2v) is 6.08. The molecule has 7 heteroatoms. The van der Waals surface area contributed by atoms with E-state index in [-0.39, 0.29) is 30.7 Å². The van der Waals surface area contributed by atoms with Crippen LogP contribution in [0.1, 0.15) is 23.6 Å². The molecule has 1 saturated heterocycles. The molecule has 2 aliphatic heterocycles. The van der Waals surface area contributed by atoms with Gasteiger partial charge in [-0.15, -0.1) is 0 Å². The molecule has 22 heavy (non-hydrogen) atoms. The van der Waals surface area contributed by atoms with Crippen molar-refractivity contribution in [2.24, 2.45) is 0 Å². The molecule has 0 unspecified atom stereocenters. The minimum atomic E-state index is -4.38. The van der Waals surface area contributed by atoms with Gasteiger partial charge in [-0.2, -0.15) is 13.2 Å². The van der Waals surface area contributed by atoms with Crippen LogP contribution >= 0.6 is 0 Å². The second-order valence-electron chi connectivity index (χ2n) is 6.08. The zero-order valence-electron chi connectivity index (χ0n) is 12.3. The molecule has 1 amide bonds. The fourth-order valence-corrected chi connectivity index (χ4v) is 3.65. The van der Waals surface area contributed by atoms with Crippen LogP contribution in [0.15, 0.2) is 12.1 Å². The van der Waals surface area contributed by atoms with E-state index in [1.165, 1.54) is 17.9 Å². The number of hydrogen-bond acceptors (Lipinski definition) is 3. The molecule has 4 nitrogen and oxygen atoms in total. The van der Waals surface area contributed by atoms with Crippen LogP contribution in [0.4, 0.5) is 23.7 Å². The number of nitrogens with zero attached hydrogens (tertiary/aromatic N) is 2. The van der Waals surface area contributed by atoms with Crippen molar-refractivity contribution in [2.45, 2.75) is 38.5 Å². The number of aryl methyl sites for hydroxylation is 1. The quantitative estimate of drug-likeness (QED) is 0.734. The molecular formula is C15H16F3N2O2-. The number of carboxylic acid groups (broad SMARTS) is 1. The maximum absolute atomic E-state index is 13.1. The Hall–Kier alpha value is -1.92. The topological polar surface area (TPSA) is 46.6 Å². The average Bonchev–Trinajstić information content (AvgIpc) is 2.73. The minimum Gasteiger partial charge on any atom is -0.530 e. The molecule has 1 aromatic carbocycles. The standard InChI is InChI=1S/C15H17F3N2O2/c1-8-3-10-4-11-7-19(14(21)22)6-9(2)20(11)13(10)5-12(8)15(16,17)18/h3,5,9,11H,4,6-7H2,1-2H3,(H,21,22)/p-1/t9-,11-/m1/s1. The third-order valence-electron chi connectivity index (χ3n) is 4.51. The van der Waals surface area contributed by atoms with E-state index >= 15 is 0 Å². The summed E-state index contributed by atoms with van der Waals surface area (Å²) in [4.78, 5) is 14.2. The normalized spacial score (nSPS) is 24.2. The molecular weight excluding hydrogens is 297 g/mol. The number of fused-ring (bicyclic) bond motifs is 3. The number of anilines is 1. The smallest absolute Gasteiger partial charge is 0.416 e. The third kappa shape index (κ3) is 2.28. The van der Waals surface area contributed by atoms with Crippen molar-refractivity contribution in [3.63, 3.8) is 0 Å². The van der Waals surface area contributed by atoms with Gasteiger partial charge < -0.3 is 19.7 Å². The summed E-state index contributed by atoms with van der Waals surface area (Å²) in [5, 5.41) is 11.0. The Bertz CT molecular complexity index is 630. The highest BCUT2D eigenvalue weighted by atomic mass is 19.4. The first-order valence-electron chi connectivity index (χ1n) is 7.13. The van der Waals surface area contributed by atoms with Crippen molar-refractivity contribution in [1.29, 1.82) is 0 Å². The van der Waals surface area contributed by atoms with Crippen LogP contribution in [0.3, 0.4) is 0 Å². The van der Waals surface area contributed by atoms with Crippen molar-refractivity contribution in [3.05, 3.63) is 28.8 Å². The van der Waals surface area contributed by atoms with Crippen molar-refractivity contribution >= 4 is 11.8 Å². The highest BCUT2D eigenvalue weighted by Gasteiger charge is 2.41. The predicted molar refractivity (Wildman–Crippen MR) is 72.6 cm³/mol. The molecule has 1 aromatic rings. The Labute approximate surface area is 126 Å². The average molecular weight is 313 g/mol. The van der Waals surface area contributed by atoms with Gasteiger partial charge in [-0.25, -0.2) is 0 Å². The molecule has 0 bridgehead atoms. The summed E-state index contributed by atoms with van der Waals surface area (Å²) in [5.74, 6) is 0. The largest absolute Gasteiger partial charge is 0.530 e. The van der Waals surface area contributed by atoms with Crippen LogP contribution in [0.25, 0.3) is 0 Å². The van der Waals surface area contributed by atoms with Gasteiger partial charge in [0.15, 0.2) is 0 Å². The van der Waals surface area contributed by atoms with Crippen LogP contribution < -0.4 is 10.0 Å². The molecule has 0 saturated carbocycles. The van der Waals surface area contributed by atoms with Crippen LogP contribution in [0, 0.1) is 6.92 Å². The number of benzene rings is 1. The van der Waals surface area contributed by atoms with E-state index in [4.69, 9.17) is 0 Å². The van der Waals surface area contributed by atoms with Crippen LogP contribution in [-0.2, 0) is 12.6 Å². The Kier molecular flexibility index (Phi) is 3.27. The second kappa shape index (κ2) is 4.79. The first-order chi connectivity index (χ1) is 10.2. The van der Waals surface area contributed by atoms with Crippen LogP contribution in [-0.4, -0.2) is 36.2 Å². The number of alkyl halides is 3. The van der Waals surface area contributed by atoms with E-state index in [1.54, 1.807) is 6.07 Å². The van der Waals surface area contributed by atoms with E-state index < -0.39 is 17.8 Å². The number of amides is 1. The van der Waals surface area contributed by atoms with E-state index in [2.05, 4.69) is 0 Å². The monoisotopic (exact) mass is 313 g/mol. The summed E-state index contributed by atoms with van der Waals surface area (Å²) in [6, 6.07) is 2.48. The Balaban J connectivity index is 1.99. The van der Waals surface area contributed by atoms with Crippen LogP contribution in [0.2, 0.25) is 0 Å². The van der Waals surface area contributed by atoms with Gasteiger partial charge in [-0.3, -0.25) is 0 Å². The molecule has 120 valence electrons. The fraction of sp³-hybridized carbons (Fsp3) is 0.533. The SMILES string of the molecule is Cc1cc2c(cc1C(F)(F)F)N1[C@H](C2)CN(C(=O)[O-])C[C@H]1C. The zero-order chi connectivity index (χ0) is 16.2.